The molecule has 1 aromatic rings. The first-order chi connectivity index (χ1) is 6.24. The summed E-state index contributed by atoms with van der Waals surface area (Å²) in [7, 11) is 0. The minimum absolute atomic E-state index is 0.158. The highest BCUT2D eigenvalue weighted by molar-refractivity contribution is 5.69. The number of hydrogen-bond acceptors (Lipinski definition) is 3. The average molecular weight is 184 g/mol. The second-order valence-electron chi connectivity index (χ2n) is 2.72. The Morgan fingerprint density at radius 3 is 3.08 bits per heavy atom. The molecule has 0 saturated carbocycles. The largest absolute Gasteiger partial charge is 0.466 e. The molecule has 0 saturated heterocycles. The Morgan fingerprint density at radius 1 is 1.77 bits per heavy atom. The number of ether oxygens (including phenoxy) is 1. The molecule has 0 amide bonds. The van der Waals surface area contributed by atoms with Crippen LogP contribution < -0.4 is 5.73 Å². The lowest BCUT2D eigenvalue weighted by molar-refractivity contribution is -0.429. The molecule has 1 rings (SSSR count). The van der Waals surface area contributed by atoms with Gasteiger partial charge in [-0.1, -0.05) is 0 Å². The zero-order chi connectivity index (χ0) is 9.68. The van der Waals surface area contributed by atoms with Crippen LogP contribution in [0, 0.1) is 0 Å². The van der Waals surface area contributed by atoms with E-state index >= 15 is 0 Å². The third-order valence-electron chi connectivity index (χ3n) is 1.66. The first-order valence-corrected chi connectivity index (χ1v) is 4.26. The molecule has 4 heteroatoms. The summed E-state index contributed by atoms with van der Waals surface area (Å²) in [4.78, 5) is 11.0. The molecule has 0 aromatic carbocycles. The molecular weight excluding hydrogens is 170 g/mol. The van der Waals surface area contributed by atoms with Gasteiger partial charge in [-0.05, 0) is 19.1 Å². The highest BCUT2D eigenvalue weighted by Gasteiger charge is 2.17. The number of hydrogen-bond donors (Lipinski definition) is 1. The summed E-state index contributed by atoms with van der Waals surface area (Å²) in [5.74, 6) is 0.479. The zero-order valence-electron chi connectivity index (χ0n) is 7.66. The summed E-state index contributed by atoms with van der Waals surface area (Å²) >= 11 is 0. The van der Waals surface area contributed by atoms with E-state index in [1.807, 2.05) is 0 Å². The lowest BCUT2D eigenvalue weighted by Gasteiger charge is -2.04. The molecule has 0 unspecified atom stereocenters. The molecule has 0 fully saturated rings. The first kappa shape index (κ1) is 9.80. The van der Waals surface area contributed by atoms with Gasteiger partial charge >= 0.3 is 5.97 Å². The minimum Gasteiger partial charge on any atom is -0.466 e. The van der Waals surface area contributed by atoms with Crippen LogP contribution in [0.1, 0.15) is 25.1 Å². The Kier molecular flexibility index (Phi) is 3.52. The van der Waals surface area contributed by atoms with Crippen molar-refractivity contribution in [2.24, 2.45) is 0 Å². The number of rotatable bonds is 4. The molecule has 3 N–H and O–H groups in total. The standard InChI is InChI=1S/C9H13NO3/c1-2-12-9(11)6-7(10)8-4-3-5-13-8/h3-5,7H,2,6,10H2,1H3/p+1/t7-/m0/s1. The van der Waals surface area contributed by atoms with Gasteiger partial charge in [0.15, 0.2) is 11.8 Å². The van der Waals surface area contributed by atoms with E-state index in [4.69, 9.17) is 9.15 Å². The summed E-state index contributed by atoms with van der Waals surface area (Å²) in [5, 5.41) is 0. The Bertz CT molecular complexity index is 256. The number of esters is 1. The second kappa shape index (κ2) is 4.67. The van der Waals surface area contributed by atoms with Crippen molar-refractivity contribution in [2.45, 2.75) is 19.4 Å². The van der Waals surface area contributed by atoms with Crippen molar-refractivity contribution >= 4 is 5.97 Å². The van der Waals surface area contributed by atoms with Crippen LogP contribution in [-0.2, 0) is 9.53 Å². The van der Waals surface area contributed by atoms with Crippen molar-refractivity contribution in [1.29, 1.82) is 0 Å². The van der Waals surface area contributed by atoms with Crippen LogP contribution in [0.5, 0.6) is 0 Å². The number of carbonyl (C=O) groups is 1. The molecule has 0 radical (unpaired) electrons. The van der Waals surface area contributed by atoms with Gasteiger partial charge in [-0.3, -0.25) is 4.79 Å². The third kappa shape index (κ3) is 2.91. The summed E-state index contributed by atoms with van der Waals surface area (Å²) in [5.41, 5.74) is 3.81. The van der Waals surface area contributed by atoms with Gasteiger partial charge in [0.05, 0.1) is 12.9 Å². The maximum Gasteiger partial charge on any atom is 0.312 e. The van der Waals surface area contributed by atoms with E-state index in [9.17, 15) is 4.79 Å². The first-order valence-electron chi connectivity index (χ1n) is 4.26. The van der Waals surface area contributed by atoms with Crippen LogP contribution in [0.3, 0.4) is 0 Å². The van der Waals surface area contributed by atoms with Crippen LogP contribution in [0.25, 0.3) is 0 Å². The molecular formula is C9H14NO3+. The predicted octanol–water partition coefficient (Wildman–Crippen LogP) is 0.516. The van der Waals surface area contributed by atoms with Gasteiger partial charge in [-0.25, -0.2) is 0 Å². The maximum absolute atomic E-state index is 11.0. The number of carbonyl (C=O) groups excluding carboxylic acids is 1. The lowest BCUT2D eigenvalue weighted by Crippen LogP contribution is -2.54. The molecule has 0 aliphatic carbocycles. The van der Waals surface area contributed by atoms with Gasteiger partial charge in [0.1, 0.15) is 6.42 Å². The molecule has 1 aromatic heterocycles. The predicted molar refractivity (Wildman–Crippen MR) is 45.6 cm³/mol. The summed E-state index contributed by atoms with van der Waals surface area (Å²) in [6, 6.07) is 3.42. The second-order valence-corrected chi connectivity index (χ2v) is 2.72. The lowest BCUT2D eigenvalue weighted by atomic mass is 10.2. The van der Waals surface area contributed by atoms with E-state index in [1.165, 1.54) is 0 Å². The minimum atomic E-state index is -0.237. The molecule has 0 bridgehead atoms. The van der Waals surface area contributed by atoms with Crippen molar-refractivity contribution in [1.82, 2.24) is 0 Å². The average Bonchev–Trinajstić information content (AvgIpc) is 2.55. The fourth-order valence-electron chi connectivity index (χ4n) is 1.05. The molecule has 1 heterocycles. The Labute approximate surface area is 76.7 Å². The van der Waals surface area contributed by atoms with Crippen molar-refractivity contribution < 1.29 is 19.7 Å². The topological polar surface area (TPSA) is 67.1 Å². The Hall–Kier alpha value is -1.29. The molecule has 13 heavy (non-hydrogen) atoms. The van der Waals surface area contributed by atoms with E-state index in [0.717, 1.165) is 0 Å². The SMILES string of the molecule is CCOC(=O)C[C@H]([NH3+])c1ccco1. The summed E-state index contributed by atoms with van der Waals surface area (Å²) in [6.45, 7) is 2.19. The normalized spacial score (nSPS) is 12.5. The van der Waals surface area contributed by atoms with Gasteiger partial charge in [0, 0.05) is 0 Å². The van der Waals surface area contributed by atoms with Crippen LogP contribution in [-0.4, -0.2) is 12.6 Å². The highest BCUT2D eigenvalue weighted by Crippen LogP contribution is 2.12. The summed E-state index contributed by atoms with van der Waals surface area (Å²) < 4.78 is 9.89. The molecule has 0 aliphatic heterocycles. The van der Waals surface area contributed by atoms with Crippen LogP contribution >= 0.6 is 0 Å². The quantitative estimate of drug-likeness (QED) is 0.693. The van der Waals surface area contributed by atoms with Crippen molar-refractivity contribution in [3.05, 3.63) is 24.2 Å². The van der Waals surface area contributed by atoms with E-state index in [0.29, 0.717) is 12.4 Å². The zero-order valence-corrected chi connectivity index (χ0v) is 7.66. The van der Waals surface area contributed by atoms with Crippen molar-refractivity contribution in [3.8, 4) is 0 Å². The Balaban J connectivity index is 2.42. The number of quaternary nitrogens is 1. The van der Waals surface area contributed by atoms with E-state index in [-0.39, 0.29) is 18.4 Å². The van der Waals surface area contributed by atoms with Gasteiger partial charge in [-0.2, -0.15) is 0 Å². The third-order valence-corrected chi connectivity index (χ3v) is 1.66. The fraction of sp³-hybridized carbons (Fsp3) is 0.444. The van der Waals surface area contributed by atoms with Crippen LogP contribution in [0.2, 0.25) is 0 Å². The van der Waals surface area contributed by atoms with Crippen molar-refractivity contribution in [2.75, 3.05) is 6.61 Å². The van der Waals surface area contributed by atoms with E-state index in [2.05, 4.69) is 5.73 Å². The monoisotopic (exact) mass is 184 g/mol. The highest BCUT2D eigenvalue weighted by atomic mass is 16.5. The summed E-state index contributed by atoms with van der Waals surface area (Å²) in [6.07, 6.45) is 1.83. The molecule has 72 valence electrons. The molecule has 1 atom stereocenters. The van der Waals surface area contributed by atoms with Crippen LogP contribution in [0.4, 0.5) is 0 Å². The molecule has 0 aliphatic rings. The van der Waals surface area contributed by atoms with Crippen LogP contribution in [0.15, 0.2) is 22.8 Å². The van der Waals surface area contributed by atoms with Gasteiger partial charge < -0.3 is 14.9 Å². The van der Waals surface area contributed by atoms with Crippen molar-refractivity contribution in [3.63, 3.8) is 0 Å². The van der Waals surface area contributed by atoms with Gasteiger partial charge in [-0.15, -0.1) is 0 Å². The fourth-order valence-corrected chi connectivity index (χ4v) is 1.05. The Morgan fingerprint density at radius 2 is 2.54 bits per heavy atom. The molecule has 4 nitrogen and oxygen atoms in total. The van der Waals surface area contributed by atoms with E-state index in [1.54, 1.807) is 25.3 Å². The maximum atomic E-state index is 11.0. The van der Waals surface area contributed by atoms with E-state index < -0.39 is 0 Å². The van der Waals surface area contributed by atoms with Gasteiger partial charge in [0.25, 0.3) is 0 Å². The molecule has 0 spiro atoms. The number of furan rings is 1. The smallest absolute Gasteiger partial charge is 0.312 e. The van der Waals surface area contributed by atoms with Gasteiger partial charge in [0.2, 0.25) is 0 Å².